The van der Waals surface area contributed by atoms with Gasteiger partial charge in [-0.25, -0.2) is 13.8 Å². The summed E-state index contributed by atoms with van der Waals surface area (Å²) in [6.45, 7) is 7.85. The number of aromatic nitrogens is 1. The first-order valence-electron chi connectivity index (χ1n) is 14.2. The van der Waals surface area contributed by atoms with Gasteiger partial charge in [0.25, 0.3) is 11.8 Å². The molecule has 0 saturated heterocycles. The summed E-state index contributed by atoms with van der Waals surface area (Å²) in [5, 5.41) is 2.91. The molecule has 0 aliphatic carbocycles. The number of nitrogens with one attached hydrogen (secondary N) is 1. The molecule has 0 radical (unpaired) electrons. The molecule has 0 saturated carbocycles. The highest BCUT2D eigenvalue weighted by molar-refractivity contribution is 6.01. The van der Waals surface area contributed by atoms with Gasteiger partial charge in [-0.15, -0.1) is 0 Å². The van der Waals surface area contributed by atoms with Crippen LogP contribution in [0.1, 0.15) is 72.7 Å². The van der Waals surface area contributed by atoms with Gasteiger partial charge in [0.05, 0.1) is 18.8 Å². The Morgan fingerprint density at radius 3 is 2.29 bits per heavy atom. The van der Waals surface area contributed by atoms with E-state index in [4.69, 9.17) is 14.9 Å². The summed E-state index contributed by atoms with van der Waals surface area (Å²) >= 11 is 0. The van der Waals surface area contributed by atoms with E-state index in [0.717, 1.165) is 31.7 Å². The van der Waals surface area contributed by atoms with Crippen LogP contribution in [0.3, 0.4) is 0 Å². The lowest BCUT2D eigenvalue weighted by Gasteiger charge is -2.26. The third-order valence-electron chi connectivity index (χ3n) is 6.56. The molecule has 1 aromatic heterocycles. The highest BCUT2D eigenvalue weighted by atomic mass is 19.1. The number of oxazole rings is 1. The van der Waals surface area contributed by atoms with Crippen molar-refractivity contribution in [3.63, 3.8) is 0 Å². The van der Waals surface area contributed by atoms with Crippen molar-refractivity contribution in [2.24, 2.45) is 5.73 Å². The van der Waals surface area contributed by atoms with Crippen molar-refractivity contribution in [3.8, 4) is 11.5 Å². The van der Waals surface area contributed by atoms with Crippen LogP contribution in [0.15, 0.2) is 53.3 Å². The van der Waals surface area contributed by atoms with E-state index < -0.39 is 29.6 Å². The Bertz CT molecular complexity index is 1240. The zero-order chi connectivity index (χ0) is 29.8. The van der Waals surface area contributed by atoms with Crippen molar-refractivity contribution in [2.75, 3.05) is 26.3 Å². The van der Waals surface area contributed by atoms with Crippen molar-refractivity contribution in [1.29, 1.82) is 0 Å². The van der Waals surface area contributed by atoms with Gasteiger partial charge < -0.3 is 25.1 Å². The van der Waals surface area contributed by atoms with Gasteiger partial charge in [0.1, 0.15) is 17.9 Å². The molecule has 222 valence electrons. The number of halogens is 2. The van der Waals surface area contributed by atoms with Gasteiger partial charge in [0, 0.05) is 48.5 Å². The van der Waals surface area contributed by atoms with Gasteiger partial charge in [-0.2, -0.15) is 0 Å². The summed E-state index contributed by atoms with van der Waals surface area (Å²) in [7, 11) is 0. The van der Waals surface area contributed by atoms with Crippen LogP contribution in [0.4, 0.5) is 8.78 Å². The molecule has 3 aromatic rings. The van der Waals surface area contributed by atoms with E-state index in [1.165, 1.54) is 30.7 Å². The van der Waals surface area contributed by atoms with Crippen LogP contribution in [-0.4, -0.2) is 60.1 Å². The van der Waals surface area contributed by atoms with E-state index >= 15 is 0 Å². The Hall–Kier alpha value is -3.63. The molecule has 8 nitrogen and oxygen atoms in total. The minimum atomic E-state index is -0.719. The van der Waals surface area contributed by atoms with Crippen molar-refractivity contribution in [2.45, 2.75) is 65.0 Å². The highest BCUT2D eigenvalue weighted by Gasteiger charge is 2.25. The van der Waals surface area contributed by atoms with E-state index in [1.807, 2.05) is 20.8 Å². The Labute approximate surface area is 240 Å². The largest absolute Gasteiger partial charge is 0.445 e. The third-order valence-corrected chi connectivity index (χ3v) is 6.56. The molecule has 2 amide bonds. The van der Waals surface area contributed by atoms with Crippen LogP contribution < -0.4 is 11.1 Å². The summed E-state index contributed by atoms with van der Waals surface area (Å²) in [5.74, 6) is -1.88. The number of benzene rings is 2. The lowest BCUT2D eigenvalue weighted by Crippen LogP contribution is -2.51. The molecule has 0 aliphatic heterocycles. The average molecular weight is 571 g/mol. The monoisotopic (exact) mass is 570 g/mol. The van der Waals surface area contributed by atoms with Gasteiger partial charge in [0.2, 0.25) is 5.89 Å². The first kappa shape index (κ1) is 31.9. The van der Waals surface area contributed by atoms with Crippen molar-refractivity contribution < 1.29 is 27.5 Å². The Kier molecular flexibility index (Phi) is 12.4. The quantitative estimate of drug-likeness (QED) is 0.224. The number of unbranched alkanes of at least 4 members (excludes halogenated alkanes) is 1. The molecule has 10 heteroatoms. The molecule has 2 aromatic carbocycles. The number of nitrogens with two attached hydrogens (primary N) is 1. The van der Waals surface area contributed by atoms with Gasteiger partial charge in [0.15, 0.2) is 0 Å². The van der Waals surface area contributed by atoms with E-state index in [0.29, 0.717) is 36.4 Å². The fourth-order valence-corrected chi connectivity index (χ4v) is 4.53. The van der Waals surface area contributed by atoms with Crippen LogP contribution in [-0.2, 0) is 11.2 Å². The number of hydrogen-bond donors (Lipinski definition) is 2. The van der Waals surface area contributed by atoms with Crippen molar-refractivity contribution in [1.82, 2.24) is 15.2 Å². The molecule has 0 aliphatic rings. The number of nitrogens with zero attached hydrogens (tertiary/aromatic N) is 2. The van der Waals surface area contributed by atoms with Crippen LogP contribution in [0.5, 0.6) is 0 Å². The Morgan fingerprint density at radius 2 is 1.68 bits per heavy atom. The molecule has 0 bridgehead atoms. The molecule has 3 N–H and O–H groups in total. The second kappa shape index (κ2) is 16.0. The second-order valence-electron chi connectivity index (χ2n) is 10.1. The van der Waals surface area contributed by atoms with Crippen molar-refractivity contribution in [3.05, 3.63) is 77.2 Å². The van der Waals surface area contributed by atoms with Gasteiger partial charge in [-0.1, -0.05) is 27.2 Å². The van der Waals surface area contributed by atoms with E-state index in [9.17, 15) is 18.4 Å². The minimum absolute atomic E-state index is 0.0741. The molecule has 3 rings (SSSR count). The lowest BCUT2D eigenvalue weighted by atomic mass is 9.98. The molecule has 0 fully saturated rings. The summed E-state index contributed by atoms with van der Waals surface area (Å²) in [5.41, 5.74) is 7.76. The smallest absolute Gasteiger partial charge is 0.253 e. The third kappa shape index (κ3) is 9.47. The van der Waals surface area contributed by atoms with Crippen LogP contribution in [0, 0.1) is 11.6 Å². The zero-order valence-electron chi connectivity index (χ0n) is 24.0. The normalized spacial score (nSPS) is 12.6. The number of amides is 2. The lowest BCUT2D eigenvalue weighted by molar-refractivity contribution is 0.0755. The number of hydrogen-bond acceptors (Lipinski definition) is 6. The maximum Gasteiger partial charge on any atom is 0.253 e. The van der Waals surface area contributed by atoms with Crippen LogP contribution in [0.2, 0.25) is 0 Å². The zero-order valence-corrected chi connectivity index (χ0v) is 24.0. The number of rotatable bonds is 16. The molecule has 0 spiro atoms. The Morgan fingerprint density at radius 1 is 1.00 bits per heavy atom. The average Bonchev–Trinajstić information content (AvgIpc) is 3.49. The predicted octanol–water partition coefficient (Wildman–Crippen LogP) is 5.37. The molecular weight excluding hydrogens is 530 g/mol. The van der Waals surface area contributed by atoms with Gasteiger partial charge in [-0.3, -0.25) is 9.59 Å². The number of carbonyl (C=O) groups is 2. The van der Waals surface area contributed by atoms with Crippen molar-refractivity contribution >= 4 is 11.8 Å². The second-order valence-corrected chi connectivity index (χ2v) is 10.1. The molecule has 41 heavy (non-hydrogen) atoms. The first-order chi connectivity index (χ1) is 19.7. The van der Waals surface area contributed by atoms with E-state index in [2.05, 4.69) is 10.3 Å². The highest BCUT2D eigenvalue weighted by Crippen LogP contribution is 2.23. The number of ether oxygens (including phenoxy) is 1. The van der Waals surface area contributed by atoms with Gasteiger partial charge in [-0.05, 0) is 61.6 Å². The molecular formula is C31H40F2N4O4. The molecule has 1 heterocycles. The maximum atomic E-state index is 13.9. The molecule has 1 unspecified atom stereocenters. The summed E-state index contributed by atoms with van der Waals surface area (Å²) < 4.78 is 39.0. The van der Waals surface area contributed by atoms with E-state index in [-0.39, 0.29) is 30.4 Å². The standard InChI is InChI=1S/C31H40F2N4O4/c1-4-7-11-40-20-27(34)28(15-21-13-25(32)19-26(33)14-21)36-29(38)22-16-23(30-35-8-12-41-30)18-24(17-22)31(39)37(9-5-2)10-6-3/h8,12-14,16-19,27-28H,4-7,9-11,15,20,34H2,1-3H3,(H,36,38)/t27?,28-/m0/s1. The fraction of sp³-hybridized carbons (Fsp3) is 0.452. The van der Waals surface area contributed by atoms with E-state index in [1.54, 1.807) is 17.0 Å². The molecule has 2 atom stereocenters. The van der Waals surface area contributed by atoms with Crippen LogP contribution in [0.25, 0.3) is 11.5 Å². The fourth-order valence-electron chi connectivity index (χ4n) is 4.53. The summed E-state index contributed by atoms with van der Waals surface area (Å²) in [6, 6.07) is 6.61. The SMILES string of the molecule is CCCCOCC(N)[C@H](Cc1cc(F)cc(F)c1)NC(=O)c1cc(C(=O)N(CCC)CCC)cc(-c2ncco2)c1. The first-order valence-corrected chi connectivity index (χ1v) is 14.2. The van der Waals surface area contributed by atoms with Crippen LogP contribution >= 0.6 is 0 Å². The topological polar surface area (TPSA) is 111 Å². The summed E-state index contributed by atoms with van der Waals surface area (Å²) in [4.78, 5) is 33.0. The summed E-state index contributed by atoms with van der Waals surface area (Å²) in [6.07, 6.45) is 6.36. The predicted molar refractivity (Wildman–Crippen MR) is 153 cm³/mol. The minimum Gasteiger partial charge on any atom is -0.445 e. The number of carbonyl (C=O) groups excluding carboxylic acids is 2. The Balaban J connectivity index is 1.93. The maximum absolute atomic E-state index is 13.9. The van der Waals surface area contributed by atoms with Gasteiger partial charge >= 0.3 is 0 Å².